The molecule has 1 aromatic carbocycles. The number of carbonyl (C=O) groups excluding carboxylic acids is 2. The topological polar surface area (TPSA) is 95.6 Å². The van der Waals surface area contributed by atoms with E-state index in [1.807, 2.05) is 41.1 Å². The third-order valence-electron chi connectivity index (χ3n) is 5.74. The number of aromatic nitrogens is 2. The van der Waals surface area contributed by atoms with Gasteiger partial charge in [0.2, 0.25) is 0 Å². The lowest BCUT2D eigenvalue weighted by Crippen LogP contribution is -2.32. The van der Waals surface area contributed by atoms with Crippen LogP contribution in [0.15, 0.2) is 94.4 Å². The summed E-state index contributed by atoms with van der Waals surface area (Å²) in [5.74, 6) is -1.33. The predicted octanol–water partition coefficient (Wildman–Crippen LogP) is 4.19. The van der Waals surface area contributed by atoms with Gasteiger partial charge in [-0.05, 0) is 43.2 Å². The average molecular weight is 474 g/mol. The molecule has 0 amide bonds. The number of imidazole rings is 1. The number of hydrogen-bond donors (Lipinski definition) is 1. The summed E-state index contributed by atoms with van der Waals surface area (Å²) in [6.45, 7) is 4.36. The summed E-state index contributed by atoms with van der Waals surface area (Å²) < 4.78 is 18.1. The molecule has 1 aliphatic heterocycles. The van der Waals surface area contributed by atoms with Gasteiger partial charge in [0.1, 0.15) is 12.4 Å². The molecule has 1 unspecified atom stereocenters. The van der Waals surface area contributed by atoms with Gasteiger partial charge in [0.15, 0.2) is 0 Å². The Labute approximate surface area is 203 Å². The highest BCUT2D eigenvalue weighted by molar-refractivity contribution is 5.99. The minimum atomic E-state index is -0.724. The van der Waals surface area contributed by atoms with Crippen LogP contribution < -0.4 is 5.32 Å². The standard InChI is InChI=1S/C27H27N3O5/c1-18-23(26(31)33-3)25(22-7-5-14-34-22)24(19(2)29-18)27(32)35-15-4-6-20-8-10-21(11-9-20)16-30-13-12-28-17-30/h4-14,17,25,29H,15-16H2,1-3H3/b6-4+. The summed E-state index contributed by atoms with van der Waals surface area (Å²) in [6.07, 6.45) is 10.6. The van der Waals surface area contributed by atoms with E-state index in [4.69, 9.17) is 13.9 Å². The second-order valence-electron chi connectivity index (χ2n) is 8.12. The number of nitrogens with zero attached hydrogens (tertiary/aromatic N) is 2. The number of hydrogen-bond acceptors (Lipinski definition) is 7. The molecule has 2 aromatic heterocycles. The van der Waals surface area contributed by atoms with Crippen molar-refractivity contribution in [2.45, 2.75) is 26.3 Å². The summed E-state index contributed by atoms with van der Waals surface area (Å²) in [5, 5.41) is 3.10. The molecular weight excluding hydrogens is 446 g/mol. The number of rotatable bonds is 8. The zero-order chi connectivity index (χ0) is 24.8. The highest BCUT2D eigenvalue weighted by Crippen LogP contribution is 2.39. The van der Waals surface area contributed by atoms with Crippen LogP contribution in [0, 0.1) is 0 Å². The first-order valence-electron chi connectivity index (χ1n) is 11.2. The van der Waals surface area contributed by atoms with Gasteiger partial charge in [-0.3, -0.25) is 0 Å². The Morgan fingerprint density at radius 3 is 2.49 bits per heavy atom. The molecule has 0 radical (unpaired) electrons. The van der Waals surface area contributed by atoms with E-state index in [-0.39, 0.29) is 6.61 Å². The lowest BCUT2D eigenvalue weighted by atomic mass is 9.83. The lowest BCUT2D eigenvalue weighted by Gasteiger charge is -2.28. The number of benzene rings is 1. The number of ether oxygens (including phenoxy) is 2. The van der Waals surface area contributed by atoms with Crippen molar-refractivity contribution in [2.24, 2.45) is 0 Å². The first-order chi connectivity index (χ1) is 17.0. The lowest BCUT2D eigenvalue weighted by molar-refractivity contribution is -0.138. The van der Waals surface area contributed by atoms with Gasteiger partial charge in [0.25, 0.3) is 0 Å². The van der Waals surface area contributed by atoms with Crippen molar-refractivity contribution >= 4 is 18.0 Å². The molecule has 0 saturated carbocycles. The fourth-order valence-electron chi connectivity index (χ4n) is 4.10. The van der Waals surface area contributed by atoms with Crippen LogP contribution in [0.25, 0.3) is 6.08 Å². The Kier molecular flexibility index (Phi) is 7.30. The van der Waals surface area contributed by atoms with Crippen molar-refractivity contribution in [3.63, 3.8) is 0 Å². The van der Waals surface area contributed by atoms with E-state index in [9.17, 15) is 9.59 Å². The Bertz CT molecular complexity index is 1270. The average Bonchev–Trinajstić information content (AvgIpc) is 3.56. The van der Waals surface area contributed by atoms with Crippen molar-refractivity contribution in [3.05, 3.63) is 107 Å². The highest BCUT2D eigenvalue weighted by Gasteiger charge is 2.39. The van der Waals surface area contributed by atoms with Gasteiger partial charge in [-0.2, -0.15) is 0 Å². The van der Waals surface area contributed by atoms with Crippen molar-refractivity contribution in [1.29, 1.82) is 0 Å². The molecule has 3 heterocycles. The first kappa shape index (κ1) is 23.8. The van der Waals surface area contributed by atoms with Gasteiger partial charge < -0.3 is 23.8 Å². The molecule has 1 N–H and O–H groups in total. The van der Waals surface area contributed by atoms with Gasteiger partial charge in [-0.1, -0.05) is 30.3 Å². The minimum absolute atomic E-state index is 0.0769. The van der Waals surface area contributed by atoms with E-state index in [1.165, 1.54) is 13.4 Å². The summed E-state index contributed by atoms with van der Waals surface area (Å²) in [4.78, 5) is 29.7. The normalized spacial score (nSPS) is 15.9. The molecule has 8 nitrogen and oxygen atoms in total. The summed E-state index contributed by atoms with van der Waals surface area (Å²) in [7, 11) is 1.31. The Morgan fingerprint density at radius 2 is 1.86 bits per heavy atom. The maximum atomic E-state index is 13.1. The summed E-state index contributed by atoms with van der Waals surface area (Å²) in [5.41, 5.74) is 3.97. The Hall–Kier alpha value is -4.33. The van der Waals surface area contributed by atoms with Crippen LogP contribution >= 0.6 is 0 Å². The van der Waals surface area contributed by atoms with E-state index >= 15 is 0 Å². The van der Waals surface area contributed by atoms with E-state index in [1.54, 1.807) is 44.6 Å². The second kappa shape index (κ2) is 10.7. The number of dihydropyridines is 1. The molecule has 0 saturated heterocycles. The van der Waals surface area contributed by atoms with Crippen LogP contribution in [-0.4, -0.2) is 35.2 Å². The molecule has 4 rings (SSSR count). The van der Waals surface area contributed by atoms with Gasteiger partial charge in [0.05, 0.1) is 36.8 Å². The van der Waals surface area contributed by atoms with E-state index < -0.39 is 17.9 Å². The largest absolute Gasteiger partial charge is 0.468 e. The molecular formula is C27H27N3O5. The summed E-state index contributed by atoms with van der Waals surface area (Å²) >= 11 is 0. The number of carbonyl (C=O) groups is 2. The fraction of sp³-hybridized carbons (Fsp3) is 0.222. The van der Waals surface area contributed by atoms with Gasteiger partial charge >= 0.3 is 11.9 Å². The SMILES string of the molecule is COC(=O)C1=C(C)NC(C)=C(C(=O)OC/C=C/c2ccc(Cn3ccnc3)cc2)C1c1ccco1. The predicted molar refractivity (Wildman–Crippen MR) is 130 cm³/mol. The molecule has 1 aliphatic rings. The number of allylic oxidation sites excluding steroid dienone is 2. The fourth-order valence-corrected chi connectivity index (χ4v) is 4.10. The molecule has 0 bridgehead atoms. The van der Waals surface area contributed by atoms with Crippen LogP contribution in [0.3, 0.4) is 0 Å². The molecule has 1 atom stereocenters. The van der Waals surface area contributed by atoms with Crippen LogP contribution in [0.1, 0.15) is 36.7 Å². The molecule has 0 fully saturated rings. The number of furan rings is 1. The Balaban J connectivity index is 1.43. The second-order valence-corrected chi connectivity index (χ2v) is 8.12. The van der Waals surface area contributed by atoms with E-state index in [0.717, 1.165) is 17.7 Å². The smallest absolute Gasteiger partial charge is 0.337 e. The maximum Gasteiger partial charge on any atom is 0.337 e. The van der Waals surface area contributed by atoms with Crippen molar-refractivity contribution in [2.75, 3.05) is 13.7 Å². The van der Waals surface area contributed by atoms with Crippen LogP contribution in [0.4, 0.5) is 0 Å². The van der Waals surface area contributed by atoms with Crippen LogP contribution in [0.5, 0.6) is 0 Å². The van der Waals surface area contributed by atoms with E-state index in [0.29, 0.717) is 28.3 Å². The van der Waals surface area contributed by atoms with Crippen molar-refractivity contribution < 1.29 is 23.5 Å². The van der Waals surface area contributed by atoms with E-state index in [2.05, 4.69) is 10.3 Å². The zero-order valence-corrected chi connectivity index (χ0v) is 19.9. The number of esters is 2. The third kappa shape index (κ3) is 5.43. The third-order valence-corrected chi connectivity index (χ3v) is 5.74. The number of nitrogens with one attached hydrogen (secondary N) is 1. The molecule has 3 aromatic rings. The van der Waals surface area contributed by atoms with Gasteiger partial charge in [-0.15, -0.1) is 0 Å². The zero-order valence-electron chi connectivity index (χ0n) is 19.9. The quantitative estimate of drug-likeness (QED) is 0.490. The molecule has 8 heteroatoms. The molecule has 0 aliphatic carbocycles. The van der Waals surface area contributed by atoms with Crippen LogP contribution in [-0.2, 0) is 25.6 Å². The summed E-state index contributed by atoms with van der Waals surface area (Å²) in [6, 6.07) is 11.5. The van der Waals surface area contributed by atoms with Crippen LogP contribution in [0.2, 0.25) is 0 Å². The molecule has 0 spiro atoms. The van der Waals surface area contributed by atoms with Crippen molar-refractivity contribution in [1.82, 2.24) is 14.9 Å². The van der Waals surface area contributed by atoms with Crippen molar-refractivity contribution in [3.8, 4) is 0 Å². The first-order valence-corrected chi connectivity index (χ1v) is 11.2. The molecule has 35 heavy (non-hydrogen) atoms. The highest BCUT2D eigenvalue weighted by atomic mass is 16.5. The Morgan fingerprint density at radius 1 is 1.11 bits per heavy atom. The van der Waals surface area contributed by atoms with Gasteiger partial charge in [0, 0.05) is 30.3 Å². The molecule has 180 valence electrons. The minimum Gasteiger partial charge on any atom is -0.468 e. The number of methoxy groups -OCH3 is 1. The monoisotopic (exact) mass is 473 g/mol. The maximum absolute atomic E-state index is 13.1. The van der Waals surface area contributed by atoms with Gasteiger partial charge in [-0.25, -0.2) is 14.6 Å².